The topological polar surface area (TPSA) is 32.7 Å². The summed E-state index contributed by atoms with van der Waals surface area (Å²) in [7, 11) is 0. The predicted molar refractivity (Wildman–Crippen MR) is 85.8 cm³/mol. The van der Waals surface area contributed by atoms with Crippen LogP contribution in [-0.4, -0.2) is 29.2 Å². The van der Waals surface area contributed by atoms with Gasteiger partial charge >= 0.3 is 0 Å². The van der Waals surface area contributed by atoms with E-state index < -0.39 is 0 Å². The SMILES string of the molecule is O=C1c2sccc2N=C2C1SCCN2c1ccccc1. The van der Waals surface area contributed by atoms with Crippen molar-refractivity contribution in [2.45, 2.75) is 5.25 Å². The Kier molecular flexibility index (Phi) is 2.89. The van der Waals surface area contributed by atoms with E-state index >= 15 is 0 Å². The van der Waals surface area contributed by atoms with E-state index in [2.05, 4.69) is 17.0 Å². The number of nitrogens with zero attached hydrogens (tertiary/aromatic N) is 2. The van der Waals surface area contributed by atoms with Crippen molar-refractivity contribution >= 4 is 46.1 Å². The standard InChI is InChI=1S/C15H12N2OS2/c18-12-13-11(6-8-19-13)16-15-14(12)20-9-7-17(15)10-4-2-1-3-5-10/h1-6,8,14H,7,9H2. The first-order valence-corrected chi connectivity index (χ1v) is 8.42. The second-order valence-electron chi connectivity index (χ2n) is 4.71. The third kappa shape index (κ3) is 1.81. The molecule has 0 bridgehead atoms. The second kappa shape index (κ2) is 4.75. The van der Waals surface area contributed by atoms with Crippen molar-refractivity contribution in [3.05, 3.63) is 46.7 Å². The molecule has 2 aromatic rings. The minimum absolute atomic E-state index is 0.143. The maximum Gasteiger partial charge on any atom is 0.195 e. The summed E-state index contributed by atoms with van der Waals surface area (Å²) in [5.41, 5.74) is 1.94. The lowest BCUT2D eigenvalue weighted by Crippen LogP contribution is -2.48. The Hall–Kier alpha value is -1.59. The average Bonchev–Trinajstić information content (AvgIpc) is 2.97. The van der Waals surface area contributed by atoms with Crippen LogP contribution in [-0.2, 0) is 0 Å². The van der Waals surface area contributed by atoms with Gasteiger partial charge in [0.15, 0.2) is 5.78 Å². The molecule has 5 heteroatoms. The number of ketones is 1. The minimum Gasteiger partial charge on any atom is -0.328 e. The number of hydrogen-bond acceptors (Lipinski definition) is 5. The Morgan fingerprint density at radius 2 is 2.05 bits per heavy atom. The van der Waals surface area contributed by atoms with Crippen LogP contribution < -0.4 is 4.90 Å². The van der Waals surface area contributed by atoms with E-state index in [1.165, 1.54) is 11.3 Å². The highest BCUT2D eigenvalue weighted by molar-refractivity contribution is 8.01. The number of thioether (sulfide) groups is 1. The molecule has 1 aromatic heterocycles. The highest BCUT2D eigenvalue weighted by atomic mass is 32.2. The number of carbonyl (C=O) groups is 1. The third-order valence-corrected chi connectivity index (χ3v) is 5.61. The minimum atomic E-state index is -0.143. The normalized spacial score (nSPS) is 21.2. The van der Waals surface area contributed by atoms with Gasteiger partial charge in [0.1, 0.15) is 11.1 Å². The summed E-state index contributed by atoms with van der Waals surface area (Å²) in [6.45, 7) is 0.900. The lowest BCUT2D eigenvalue weighted by atomic mass is 10.1. The first-order chi connectivity index (χ1) is 9.84. The van der Waals surface area contributed by atoms with Gasteiger partial charge in [0.25, 0.3) is 0 Å². The van der Waals surface area contributed by atoms with Gasteiger partial charge in [0.2, 0.25) is 0 Å². The summed E-state index contributed by atoms with van der Waals surface area (Å²) in [6.07, 6.45) is 0. The number of anilines is 1. The number of Topliss-reactive ketones (excluding diaryl/α,β-unsaturated/α-hetero) is 1. The Bertz CT molecular complexity index is 693. The molecule has 1 fully saturated rings. The highest BCUT2D eigenvalue weighted by Crippen LogP contribution is 2.38. The van der Waals surface area contributed by atoms with Crippen LogP contribution in [0.25, 0.3) is 0 Å². The Morgan fingerprint density at radius 1 is 1.20 bits per heavy atom. The number of para-hydroxylation sites is 1. The van der Waals surface area contributed by atoms with Crippen molar-refractivity contribution in [1.29, 1.82) is 0 Å². The van der Waals surface area contributed by atoms with Crippen LogP contribution in [0, 0.1) is 0 Å². The van der Waals surface area contributed by atoms with Gasteiger partial charge in [-0.1, -0.05) is 18.2 Å². The molecule has 1 atom stereocenters. The smallest absolute Gasteiger partial charge is 0.195 e. The van der Waals surface area contributed by atoms with E-state index in [-0.39, 0.29) is 11.0 Å². The molecule has 3 heterocycles. The maximum absolute atomic E-state index is 12.6. The summed E-state index contributed by atoms with van der Waals surface area (Å²) < 4.78 is 0. The van der Waals surface area contributed by atoms with Crippen LogP contribution in [0.3, 0.4) is 0 Å². The van der Waals surface area contributed by atoms with Gasteiger partial charge in [0, 0.05) is 18.0 Å². The lowest BCUT2D eigenvalue weighted by Gasteiger charge is -2.36. The highest BCUT2D eigenvalue weighted by Gasteiger charge is 2.38. The summed E-state index contributed by atoms with van der Waals surface area (Å²) >= 11 is 3.20. The number of benzene rings is 1. The first kappa shape index (κ1) is 12.2. The quantitative estimate of drug-likeness (QED) is 0.806. The number of thiophene rings is 1. The van der Waals surface area contributed by atoms with Crippen molar-refractivity contribution in [1.82, 2.24) is 0 Å². The molecule has 1 saturated heterocycles. The zero-order valence-electron chi connectivity index (χ0n) is 10.7. The van der Waals surface area contributed by atoms with E-state index in [0.29, 0.717) is 0 Å². The molecule has 0 N–H and O–H groups in total. The van der Waals surface area contributed by atoms with Crippen LogP contribution in [0.2, 0.25) is 0 Å². The summed E-state index contributed by atoms with van der Waals surface area (Å²) in [4.78, 5) is 20.3. The molecule has 0 spiro atoms. The van der Waals surface area contributed by atoms with Crippen molar-refractivity contribution in [3.8, 4) is 0 Å². The summed E-state index contributed by atoms with van der Waals surface area (Å²) in [5.74, 6) is 2.05. The van der Waals surface area contributed by atoms with Gasteiger partial charge in [-0.25, -0.2) is 4.99 Å². The van der Waals surface area contributed by atoms with Gasteiger partial charge in [-0.2, -0.15) is 0 Å². The van der Waals surface area contributed by atoms with E-state index in [0.717, 1.165) is 34.4 Å². The summed E-state index contributed by atoms with van der Waals surface area (Å²) in [5, 5.41) is 1.80. The molecule has 0 radical (unpaired) electrons. The Labute approximate surface area is 125 Å². The zero-order chi connectivity index (χ0) is 13.5. The average molecular weight is 300 g/mol. The lowest BCUT2D eigenvalue weighted by molar-refractivity contribution is 0.101. The fourth-order valence-corrected chi connectivity index (χ4v) is 4.59. The molecule has 3 nitrogen and oxygen atoms in total. The fourth-order valence-electron chi connectivity index (χ4n) is 2.59. The molecule has 0 amide bonds. The van der Waals surface area contributed by atoms with Crippen LogP contribution in [0.5, 0.6) is 0 Å². The number of amidine groups is 1. The largest absolute Gasteiger partial charge is 0.328 e. The van der Waals surface area contributed by atoms with Crippen molar-refractivity contribution in [2.24, 2.45) is 4.99 Å². The molecule has 20 heavy (non-hydrogen) atoms. The maximum atomic E-state index is 12.6. The predicted octanol–water partition coefficient (Wildman–Crippen LogP) is 3.60. The van der Waals surface area contributed by atoms with E-state index in [1.807, 2.05) is 29.6 Å². The first-order valence-electron chi connectivity index (χ1n) is 6.49. The number of fused-ring (bicyclic) bond motifs is 2. The molecule has 4 rings (SSSR count). The van der Waals surface area contributed by atoms with Gasteiger partial charge in [-0.3, -0.25) is 4.79 Å². The molecule has 2 aliphatic heterocycles. The number of aliphatic imine (C=N–C) groups is 1. The zero-order valence-corrected chi connectivity index (χ0v) is 12.3. The third-order valence-electron chi connectivity index (χ3n) is 3.52. The van der Waals surface area contributed by atoms with Crippen molar-refractivity contribution in [2.75, 3.05) is 17.2 Å². The fraction of sp³-hybridized carbons (Fsp3) is 0.200. The molecular formula is C15H12N2OS2. The summed E-state index contributed by atoms with van der Waals surface area (Å²) in [6, 6.07) is 12.1. The van der Waals surface area contributed by atoms with E-state index in [9.17, 15) is 4.79 Å². The number of carbonyl (C=O) groups excluding carboxylic acids is 1. The van der Waals surface area contributed by atoms with Gasteiger partial charge in [-0.05, 0) is 23.6 Å². The van der Waals surface area contributed by atoms with E-state index in [4.69, 9.17) is 4.99 Å². The second-order valence-corrected chi connectivity index (χ2v) is 6.84. The molecule has 2 aliphatic rings. The van der Waals surface area contributed by atoms with E-state index in [1.54, 1.807) is 11.8 Å². The van der Waals surface area contributed by atoms with Gasteiger partial charge in [0.05, 0.1) is 10.6 Å². The molecule has 0 aliphatic carbocycles. The number of rotatable bonds is 1. The van der Waals surface area contributed by atoms with Crippen LogP contribution in [0.4, 0.5) is 11.4 Å². The Balaban J connectivity index is 1.82. The molecule has 100 valence electrons. The van der Waals surface area contributed by atoms with Crippen molar-refractivity contribution < 1.29 is 4.79 Å². The Morgan fingerprint density at radius 3 is 2.90 bits per heavy atom. The number of hydrogen-bond donors (Lipinski definition) is 0. The van der Waals surface area contributed by atoms with Crippen molar-refractivity contribution in [3.63, 3.8) is 0 Å². The monoisotopic (exact) mass is 300 g/mol. The molecule has 1 aromatic carbocycles. The van der Waals surface area contributed by atoms with Gasteiger partial charge in [-0.15, -0.1) is 23.1 Å². The molecule has 0 saturated carbocycles. The van der Waals surface area contributed by atoms with Crippen LogP contribution in [0.1, 0.15) is 9.67 Å². The molecule has 1 unspecified atom stereocenters. The molecular weight excluding hydrogens is 288 g/mol. The van der Waals surface area contributed by atoms with Gasteiger partial charge < -0.3 is 4.90 Å². The van der Waals surface area contributed by atoms with Crippen LogP contribution in [0.15, 0.2) is 46.8 Å². The van der Waals surface area contributed by atoms with Crippen LogP contribution >= 0.6 is 23.1 Å².